The molecule has 5 nitrogen and oxygen atoms in total. The molecule has 1 aromatic heterocycles. The van der Waals surface area contributed by atoms with Crippen LogP contribution in [0.4, 0.5) is 0 Å². The number of alkyl halides is 1. The Morgan fingerprint density at radius 1 is 1.73 bits per heavy atom. The molecule has 1 fully saturated rings. The first-order chi connectivity index (χ1) is 7.24. The zero-order valence-corrected chi connectivity index (χ0v) is 10.1. The number of halogens is 1. The summed E-state index contributed by atoms with van der Waals surface area (Å²) in [5.74, 6) is 1.00. The maximum absolute atomic E-state index is 11.7. The molecule has 1 aromatic rings. The molecule has 2 heterocycles. The molecule has 1 amide bonds. The van der Waals surface area contributed by atoms with Crippen LogP contribution in [0.3, 0.4) is 0 Å². The largest absolute Gasteiger partial charge is 0.332 e. The van der Waals surface area contributed by atoms with Crippen LogP contribution in [0.25, 0.3) is 0 Å². The number of nitrogens with zero attached hydrogens (tertiary/aromatic N) is 4. The first-order valence-electron chi connectivity index (χ1n) is 4.93. The molecular formula is C9H13BrN4O. The molecule has 6 heteroatoms. The number of hydrogen-bond donors (Lipinski definition) is 0. The molecule has 0 saturated carbocycles. The standard InChI is InChI=1S/C9H13BrN4O/c1-13-6-11-12-9(13)7-3-2-4-14(7)8(15)5-10/h6-7H,2-5H2,1H3. The van der Waals surface area contributed by atoms with Gasteiger partial charge in [-0.05, 0) is 12.8 Å². The lowest BCUT2D eigenvalue weighted by Gasteiger charge is -2.22. The molecule has 1 aliphatic heterocycles. The average Bonchev–Trinajstić information content (AvgIpc) is 2.84. The predicted octanol–water partition coefficient (Wildman–Crippen LogP) is 0.873. The number of carbonyl (C=O) groups is 1. The Morgan fingerprint density at radius 2 is 2.53 bits per heavy atom. The smallest absolute Gasteiger partial charge is 0.233 e. The SMILES string of the molecule is Cn1cnnc1C1CCCN1C(=O)CBr. The molecule has 1 atom stereocenters. The van der Waals surface area contributed by atoms with Crippen LogP contribution in [-0.2, 0) is 11.8 Å². The van der Waals surface area contributed by atoms with Crippen molar-refractivity contribution in [2.45, 2.75) is 18.9 Å². The molecule has 2 rings (SSSR count). The van der Waals surface area contributed by atoms with Gasteiger partial charge in [-0.25, -0.2) is 0 Å². The van der Waals surface area contributed by atoms with Crippen molar-refractivity contribution in [3.63, 3.8) is 0 Å². The van der Waals surface area contributed by atoms with Crippen LogP contribution in [0.5, 0.6) is 0 Å². The van der Waals surface area contributed by atoms with E-state index in [1.807, 2.05) is 16.5 Å². The quantitative estimate of drug-likeness (QED) is 0.751. The number of aromatic nitrogens is 3. The van der Waals surface area contributed by atoms with E-state index in [0.717, 1.165) is 25.2 Å². The van der Waals surface area contributed by atoms with Gasteiger partial charge in [-0.3, -0.25) is 4.79 Å². The van der Waals surface area contributed by atoms with E-state index in [9.17, 15) is 4.79 Å². The topological polar surface area (TPSA) is 51.0 Å². The number of amides is 1. The van der Waals surface area contributed by atoms with Crippen LogP contribution < -0.4 is 0 Å². The molecule has 1 unspecified atom stereocenters. The van der Waals surface area contributed by atoms with Crippen molar-refractivity contribution < 1.29 is 4.79 Å². The van der Waals surface area contributed by atoms with Gasteiger partial charge in [0.05, 0.1) is 11.4 Å². The first kappa shape index (κ1) is 10.6. The minimum absolute atomic E-state index is 0.0996. The number of likely N-dealkylation sites (tertiary alicyclic amines) is 1. The van der Waals surface area contributed by atoms with Crippen molar-refractivity contribution >= 4 is 21.8 Å². The molecule has 82 valence electrons. The van der Waals surface area contributed by atoms with Gasteiger partial charge in [0.25, 0.3) is 0 Å². The Balaban J connectivity index is 2.22. The van der Waals surface area contributed by atoms with Crippen molar-refractivity contribution in [3.8, 4) is 0 Å². The second kappa shape index (κ2) is 4.30. The van der Waals surface area contributed by atoms with Crippen LogP contribution >= 0.6 is 15.9 Å². The highest BCUT2D eigenvalue weighted by Crippen LogP contribution is 2.30. The fourth-order valence-corrected chi connectivity index (χ4v) is 2.33. The maximum Gasteiger partial charge on any atom is 0.233 e. The number of aryl methyl sites for hydroxylation is 1. The molecule has 0 spiro atoms. The van der Waals surface area contributed by atoms with E-state index in [2.05, 4.69) is 26.1 Å². The summed E-state index contributed by atoms with van der Waals surface area (Å²) < 4.78 is 1.88. The average molecular weight is 273 g/mol. The van der Waals surface area contributed by atoms with Gasteiger partial charge in [0.2, 0.25) is 5.91 Å². The third-order valence-electron chi connectivity index (χ3n) is 2.73. The second-order valence-corrected chi connectivity index (χ2v) is 4.24. The normalized spacial score (nSPS) is 20.9. The van der Waals surface area contributed by atoms with E-state index >= 15 is 0 Å². The summed E-state index contributed by atoms with van der Waals surface area (Å²) in [6.07, 6.45) is 3.69. The van der Waals surface area contributed by atoms with Crippen molar-refractivity contribution in [3.05, 3.63) is 12.2 Å². The highest BCUT2D eigenvalue weighted by Gasteiger charge is 2.31. The van der Waals surface area contributed by atoms with E-state index in [-0.39, 0.29) is 11.9 Å². The number of carbonyl (C=O) groups excluding carboxylic acids is 1. The van der Waals surface area contributed by atoms with Crippen molar-refractivity contribution in [2.75, 3.05) is 11.9 Å². The van der Waals surface area contributed by atoms with E-state index < -0.39 is 0 Å². The van der Waals surface area contributed by atoms with Gasteiger partial charge in [0.15, 0.2) is 5.82 Å². The molecule has 0 aromatic carbocycles. The summed E-state index contributed by atoms with van der Waals surface area (Å²) in [7, 11) is 1.91. The lowest BCUT2D eigenvalue weighted by atomic mass is 10.2. The third-order valence-corrected chi connectivity index (χ3v) is 3.21. The number of hydrogen-bond acceptors (Lipinski definition) is 3. The van der Waals surface area contributed by atoms with Gasteiger partial charge >= 0.3 is 0 Å². The Morgan fingerprint density at radius 3 is 3.13 bits per heavy atom. The van der Waals surface area contributed by atoms with Gasteiger partial charge in [-0.2, -0.15) is 0 Å². The summed E-state index contributed by atoms with van der Waals surface area (Å²) in [5.41, 5.74) is 0. The fourth-order valence-electron chi connectivity index (χ4n) is 2.00. The van der Waals surface area contributed by atoms with Crippen LogP contribution in [0.1, 0.15) is 24.7 Å². The van der Waals surface area contributed by atoms with Gasteiger partial charge in [0, 0.05) is 13.6 Å². The van der Waals surface area contributed by atoms with Gasteiger partial charge in [-0.15, -0.1) is 10.2 Å². The van der Waals surface area contributed by atoms with Gasteiger partial charge in [-0.1, -0.05) is 15.9 Å². The summed E-state index contributed by atoms with van der Waals surface area (Å²) >= 11 is 3.20. The fraction of sp³-hybridized carbons (Fsp3) is 0.667. The number of rotatable bonds is 2. The minimum atomic E-state index is 0.0996. The van der Waals surface area contributed by atoms with Gasteiger partial charge in [0.1, 0.15) is 6.33 Å². The molecule has 0 radical (unpaired) electrons. The highest BCUT2D eigenvalue weighted by molar-refractivity contribution is 9.09. The van der Waals surface area contributed by atoms with Crippen LogP contribution in [0.2, 0.25) is 0 Å². The zero-order chi connectivity index (χ0) is 10.8. The summed E-state index contributed by atoms with van der Waals surface area (Å²) in [6.45, 7) is 0.821. The monoisotopic (exact) mass is 272 g/mol. The van der Waals surface area contributed by atoms with E-state index in [0.29, 0.717) is 5.33 Å². The zero-order valence-electron chi connectivity index (χ0n) is 8.56. The van der Waals surface area contributed by atoms with E-state index in [1.54, 1.807) is 6.33 Å². The minimum Gasteiger partial charge on any atom is -0.332 e. The summed E-state index contributed by atoms with van der Waals surface area (Å²) in [6, 6.07) is 0.0996. The summed E-state index contributed by atoms with van der Waals surface area (Å²) in [5, 5.41) is 8.29. The molecule has 0 N–H and O–H groups in total. The van der Waals surface area contributed by atoms with Gasteiger partial charge < -0.3 is 9.47 Å². The Labute approximate surface area is 96.6 Å². The van der Waals surface area contributed by atoms with E-state index in [1.165, 1.54) is 0 Å². The van der Waals surface area contributed by atoms with Crippen molar-refractivity contribution in [1.82, 2.24) is 19.7 Å². The molecule has 15 heavy (non-hydrogen) atoms. The third kappa shape index (κ3) is 1.90. The maximum atomic E-state index is 11.7. The Bertz CT molecular complexity index is 365. The predicted molar refractivity (Wildman–Crippen MR) is 58.5 cm³/mol. The Kier molecular flexibility index (Phi) is 3.04. The lowest BCUT2D eigenvalue weighted by molar-refractivity contribution is -0.129. The summed E-state index contributed by atoms with van der Waals surface area (Å²) in [4.78, 5) is 13.5. The second-order valence-electron chi connectivity index (χ2n) is 3.68. The molecule has 0 aliphatic carbocycles. The van der Waals surface area contributed by atoms with Crippen molar-refractivity contribution in [2.24, 2.45) is 7.05 Å². The van der Waals surface area contributed by atoms with Crippen LogP contribution in [0.15, 0.2) is 6.33 Å². The lowest BCUT2D eigenvalue weighted by Crippen LogP contribution is -2.32. The molecule has 1 aliphatic rings. The first-order valence-corrected chi connectivity index (χ1v) is 6.05. The molecule has 1 saturated heterocycles. The van der Waals surface area contributed by atoms with E-state index in [4.69, 9.17) is 0 Å². The molecular weight excluding hydrogens is 260 g/mol. The van der Waals surface area contributed by atoms with Crippen LogP contribution in [0, 0.1) is 0 Å². The Hall–Kier alpha value is -0.910. The van der Waals surface area contributed by atoms with Crippen LogP contribution in [-0.4, -0.2) is 37.4 Å². The van der Waals surface area contributed by atoms with Crippen molar-refractivity contribution in [1.29, 1.82) is 0 Å². The molecule has 0 bridgehead atoms. The highest BCUT2D eigenvalue weighted by atomic mass is 79.9.